The first kappa shape index (κ1) is 16.8. The lowest BCUT2D eigenvalue weighted by molar-refractivity contribution is -0.152. The molecule has 2 aromatic heterocycles. The van der Waals surface area contributed by atoms with Crippen LogP contribution in [0.25, 0.3) is 10.8 Å². The molecule has 7 heteroatoms. The highest BCUT2D eigenvalue weighted by molar-refractivity contribution is 7.13. The van der Waals surface area contributed by atoms with Gasteiger partial charge in [-0.15, -0.1) is 21.5 Å². The highest BCUT2D eigenvalue weighted by Crippen LogP contribution is 2.27. The van der Waals surface area contributed by atoms with Gasteiger partial charge in [-0.2, -0.15) is 0 Å². The van der Waals surface area contributed by atoms with Crippen LogP contribution < -0.4 is 4.74 Å². The highest BCUT2D eigenvalue weighted by Gasteiger charge is 2.20. The van der Waals surface area contributed by atoms with Crippen molar-refractivity contribution in [1.82, 2.24) is 10.2 Å². The Bertz CT molecular complexity index is 904. The number of rotatable bonds is 6. The van der Waals surface area contributed by atoms with E-state index >= 15 is 0 Å². The summed E-state index contributed by atoms with van der Waals surface area (Å²) in [7, 11) is 0. The van der Waals surface area contributed by atoms with Crippen molar-refractivity contribution in [3.63, 3.8) is 0 Å². The Labute approximate surface area is 154 Å². The van der Waals surface area contributed by atoms with Gasteiger partial charge < -0.3 is 13.9 Å². The maximum absolute atomic E-state index is 12.0. The van der Waals surface area contributed by atoms with Crippen molar-refractivity contribution in [2.45, 2.75) is 32.3 Å². The second-order valence-electron chi connectivity index (χ2n) is 6.13. The minimum atomic E-state index is -0.632. The SMILES string of the molecule is CC(OC(=O)COc1ccc2c(c1)CCC2)c1nnc(-c2cccs2)o1. The first-order valence-electron chi connectivity index (χ1n) is 8.50. The molecule has 2 heterocycles. The molecule has 0 saturated heterocycles. The maximum Gasteiger partial charge on any atom is 0.344 e. The van der Waals surface area contributed by atoms with E-state index < -0.39 is 12.1 Å². The number of aromatic nitrogens is 2. The number of carbonyl (C=O) groups excluding carboxylic acids is 1. The van der Waals surface area contributed by atoms with E-state index in [9.17, 15) is 4.79 Å². The van der Waals surface area contributed by atoms with Crippen molar-refractivity contribution in [3.05, 3.63) is 52.7 Å². The first-order chi connectivity index (χ1) is 12.7. The lowest BCUT2D eigenvalue weighted by Crippen LogP contribution is -2.17. The second-order valence-corrected chi connectivity index (χ2v) is 7.08. The third kappa shape index (κ3) is 3.62. The average Bonchev–Trinajstić information content (AvgIpc) is 3.40. The van der Waals surface area contributed by atoms with Crippen molar-refractivity contribution < 1.29 is 18.7 Å². The molecule has 1 aliphatic rings. The largest absolute Gasteiger partial charge is 0.482 e. The maximum atomic E-state index is 12.0. The second kappa shape index (κ2) is 7.29. The topological polar surface area (TPSA) is 74.5 Å². The zero-order chi connectivity index (χ0) is 17.9. The molecule has 1 aromatic carbocycles. The van der Waals surface area contributed by atoms with E-state index in [1.807, 2.05) is 29.6 Å². The fourth-order valence-corrected chi connectivity index (χ4v) is 3.60. The van der Waals surface area contributed by atoms with Crippen molar-refractivity contribution in [2.24, 2.45) is 0 Å². The van der Waals surface area contributed by atoms with Crippen LogP contribution in [0.3, 0.4) is 0 Å². The summed E-state index contributed by atoms with van der Waals surface area (Å²) in [5, 5.41) is 9.87. The molecule has 1 unspecified atom stereocenters. The molecule has 0 spiro atoms. The predicted octanol–water partition coefficient (Wildman–Crippen LogP) is 3.97. The van der Waals surface area contributed by atoms with Gasteiger partial charge in [-0.1, -0.05) is 12.1 Å². The molecule has 0 saturated carbocycles. The zero-order valence-corrected chi connectivity index (χ0v) is 15.1. The highest BCUT2D eigenvalue weighted by atomic mass is 32.1. The summed E-state index contributed by atoms with van der Waals surface area (Å²) < 4.78 is 16.5. The van der Waals surface area contributed by atoms with Crippen LogP contribution in [-0.4, -0.2) is 22.8 Å². The number of benzene rings is 1. The van der Waals surface area contributed by atoms with Crippen molar-refractivity contribution in [3.8, 4) is 16.5 Å². The predicted molar refractivity (Wildman–Crippen MR) is 96.1 cm³/mol. The number of ether oxygens (including phenoxy) is 2. The Hall–Kier alpha value is -2.67. The monoisotopic (exact) mass is 370 g/mol. The average molecular weight is 370 g/mol. The first-order valence-corrected chi connectivity index (χ1v) is 9.38. The van der Waals surface area contributed by atoms with E-state index in [0.29, 0.717) is 11.6 Å². The number of esters is 1. The lowest BCUT2D eigenvalue weighted by atomic mass is 10.1. The fraction of sp³-hybridized carbons (Fsp3) is 0.316. The lowest BCUT2D eigenvalue weighted by Gasteiger charge is -2.11. The van der Waals surface area contributed by atoms with E-state index in [1.165, 1.54) is 28.9 Å². The van der Waals surface area contributed by atoms with Crippen molar-refractivity contribution in [1.29, 1.82) is 0 Å². The summed E-state index contributed by atoms with van der Waals surface area (Å²) in [6.07, 6.45) is 2.73. The third-order valence-electron chi connectivity index (χ3n) is 4.26. The number of aryl methyl sites for hydroxylation is 2. The Morgan fingerprint density at radius 1 is 1.27 bits per heavy atom. The van der Waals surface area contributed by atoms with Gasteiger partial charge >= 0.3 is 5.97 Å². The quantitative estimate of drug-likeness (QED) is 0.611. The van der Waals surface area contributed by atoms with Gasteiger partial charge in [-0.3, -0.25) is 0 Å². The Morgan fingerprint density at radius 2 is 2.15 bits per heavy atom. The van der Waals surface area contributed by atoms with Gasteiger partial charge in [0.25, 0.3) is 11.8 Å². The Morgan fingerprint density at radius 3 is 3.00 bits per heavy atom. The Balaban J connectivity index is 1.31. The molecule has 134 valence electrons. The van der Waals surface area contributed by atoms with Crippen LogP contribution in [-0.2, 0) is 22.4 Å². The van der Waals surface area contributed by atoms with Gasteiger partial charge in [0, 0.05) is 0 Å². The van der Waals surface area contributed by atoms with Crippen LogP contribution in [0, 0.1) is 0 Å². The molecule has 0 radical (unpaired) electrons. The van der Waals surface area contributed by atoms with Crippen LogP contribution in [0.4, 0.5) is 0 Å². The summed E-state index contributed by atoms with van der Waals surface area (Å²) in [5.74, 6) is 0.897. The molecule has 0 N–H and O–H groups in total. The van der Waals surface area contributed by atoms with Crippen molar-refractivity contribution >= 4 is 17.3 Å². The number of hydrogen-bond donors (Lipinski definition) is 0. The number of thiophene rings is 1. The summed E-state index contributed by atoms with van der Waals surface area (Å²) in [6.45, 7) is 1.54. The normalized spacial score (nSPS) is 14.0. The van der Waals surface area contributed by atoms with E-state index in [0.717, 1.165) is 17.7 Å². The van der Waals surface area contributed by atoms with Gasteiger partial charge in [0.15, 0.2) is 12.7 Å². The van der Waals surface area contributed by atoms with Gasteiger partial charge in [0.05, 0.1) is 4.88 Å². The summed E-state index contributed by atoms with van der Waals surface area (Å²) >= 11 is 1.51. The fourth-order valence-electron chi connectivity index (χ4n) is 2.96. The van der Waals surface area contributed by atoms with Gasteiger partial charge in [-0.25, -0.2) is 4.79 Å². The molecule has 0 amide bonds. The third-order valence-corrected chi connectivity index (χ3v) is 5.11. The molecule has 1 atom stereocenters. The standard InChI is InChI=1S/C19H18N2O4S/c1-12(18-20-21-19(25-18)16-6-3-9-26-16)24-17(22)11-23-15-8-7-13-4-2-5-14(13)10-15/h3,6-10,12H,2,4-5,11H2,1H3. The van der Waals surface area contributed by atoms with Gasteiger partial charge in [0.1, 0.15) is 5.75 Å². The number of carbonyl (C=O) groups is 1. The van der Waals surface area contributed by atoms with Crippen LogP contribution in [0.2, 0.25) is 0 Å². The zero-order valence-electron chi connectivity index (χ0n) is 14.3. The number of fused-ring (bicyclic) bond motifs is 1. The molecule has 3 aromatic rings. The number of nitrogens with zero attached hydrogens (tertiary/aromatic N) is 2. The molecular weight excluding hydrogens is 352 g/mol. The van der Waals surface area contributed by atoms with Gasteiger partial charge in [-0.05, 0) is 60.9 Å². The van der Waals surface area contributed by atoms with E-state index in [1.54, 1.807) is 6.92 Å². The van der Waals surface area contributed by atoms with E-state index in [4.69, 9.17) is 13.9 Å². The summed E-state index contributed by atoms with van der Waals surface area (Å²) in [4.78, 5) is 12.9. The van der Waals surface area contributed by atoms with Gasteiger partial charge in [0.2, 0.25) is 0 Å². The Kier molecular flexibility index (Phi) is 4.71. The molecule has 0 bridgehead atoms. The van der Waals surface area contributed by atoms with E-state index in [-0.39, 0.29) is 12.5 Å². The molecule has 0 fully saturated rings. The minimum Gasteiger partial charge on any atom is -0.482 e. The smallest absolute Gasteiger partial charge is 0.344 e. The molecule has 4 rings (SSSR count). The molecule has 1 aliphatic carbocycles. The molecule has 0 aliphatic heterocycles. The summed E-state index contributed by atoms with van der Waals surface area (Å²) in [5.41, 5.74) is 2.67. The van der Waals surface area contributed by atoms with Crippen molar-refractivity contribution in [2.75, 3.05) is 6.61 Å². The van der Waals surface area contributed by atoms with Crippen LogP contribution in [0.15, 0.2) is 40.1 Å². The molecule has 6 nitrogen and oxygen atoms in total. The van der Waals surface area contributed by atoms with Crippen LogP contribution >= 0.6 is 11.3 Å². The number of hydrogen-bond acceptors (Lipinski definition) is 7. The van der Waals surface area contributed by atoms with Crippen LogP contribution in [0.1, 0.15) is 36.5 Å². The van der Waals surface area contributed by atoms with E-state index in [2.05, 4.69) is 16.3 Å². The molecule has 26 heavy (non-hydrogen) atoms. The molecular formula is C19H18N2O4S. The van der Waals surface area contributed by atoms with Crippen LogP contribution in [0.5, 0.6) is 5.75 Å². The summed E-state index contributed by atoms with van der Waals surface area (Å²) in [6, 6.07) is 9.76. The minimum absolute atomic E-state index is 0.158.